The quantitative estimate of drug-likeness (QED) is 0.387. The topological polar surface area (TPSA) is 94.7 Å². The van der Waals surface area contributed by atoms with Crippen molar-refractivity contribution in [2.24, 2.45) is 0 Å². The standard InChI is InChI=1S/C22H22N2O5S/c1-4-20-23-24-22(29-20)30-19(21(25)26)12-16-9-10-17(18(11-16)27-3)28-13-15-7-5-14(2)6-8-15/h5-12H,4,13H2,1-3H3,(H,25,26)/b19-12-. The lowest BCUT2D eigenvalue weighted by molar-refractivity contribution is -0.131. The second kappa shape index (κ2) is 9.98. The molecular weight excluding hydrogens is 404 g/mol. The van der Waals surface area contributed by atoms with E-state index < -0.39 is 5.97 Å². The van der Waals surface area contributed by atoms with Gasteiger partial charge in [-0.2, -0.15) is 0 Å². The van der Waals surface area contributed by atoms with Crippen LogP contribution in [0.4, 0.5) is 0 Å². The van der Waals surface area contributed by atoms with E-state index in [1.807, 2.05) is 38.1 Å². The van der Waals surface area contributed by atoms with Crippen LogP contribution >= 0.6 is 11.8 Å². The summed E-state index contributed by atoms with van der Waals surface area (Å²) in [5.74, 6) is 0.454. The molecule has 7 nitrogen and oxygen atoms in total. The SMILES string of the molecule is CCc1nnc(S/C(=C\c2ccc(OCc3ccc(C)cc3)c(OC)c2)C(=O)O)o1. The second-order valence-corrected chi connectivity index (χ2v) is 7.41. The molecule has 30 heavy (non-hydrogen) atoms. The first-order valence-corrected chi connectivity index (χ1v) is 10.1. The van der Waals surface area contributed by atoms with Gasteiger partial charge in [0.25, 0.3) is 5.22 Å². The lowest BCUT2D eigenvalue weighted by Gasteiger charge is -2.12. The first-order chi connectivity index (χ1) is 14.5. The summed E-state index contributed by atoms with van der Waals surface area (Å²) in [5, 5.41) is 17.4. The van der Waals surface area contributed by atoms with Crippen molar-refractivity contribution < 1.29 is 23.8 Å². The van der Waals surface area contributed by atoms with E-state index in [4.69, 9.17) is 13.9 Å². The maximum absolute atomic E-state index is 11.7. The van der Waals surface area contributed by atoms with Crippen molar-refractivity contribution >= 4 is 23.8 Å². The van der Waals surface area contributed by atoms with Gasteiger partial charge in [0.1, 0.15) is 11.5 Å². The molecule has 0 atom stereocenters. The fourth-order valence-electron chi connectivity index (χ4n) is 2.54. The minimum absolute atomic E-state index is 0.0525. The highest BCUT2D eigenvalue weighted by atomic mass is 32.2. The Kier molecular flexibility index (Phi) is 7.13. The maximum Gasteiger partial charge on any atom is 0.342 e. The van der Waals surface area contributed by atoms with Gasteiger partial charge in [-0.25, -0.2) is 4.79 Å². The monoisotopic (exact) mass is 426 g/mol. The fraction of sp³-hybridized carbons (Fsp3) is 0.227. The van der Waals surface area contributed by atoms with Crippen LogP contribution in [0.5, 0.6) is 11.5 Å². The van der Waals surface area contributed by atoms with Crippen LogP contribution in [-0.4, -0.2) is 28.4 Å². The normalized spacial score (nSPS) is 11.4. The number of thioether (sulfide) groups is 1. The first kappa shape index (κ1) is 21.4. The number of aromatic nitrogens is 2. The molecule has 0 saturated heterocycles. The van der Waals surface area contributed by atoms with Crippen molar-refractivity contribution in [1.29, 1.82) is 0 Å². The van der Waals surface area contributed by atoms with E-state index in [0.717, 1.165) is 17.3 Å². The van der Waals surface area contributed by atoms with Crippen LogP contribution in [0.1, 0.15) is 29.5 Å². The molecule has 8 heteroatoms. The molecule has 0 aliphatic carbocycles. The third-order valence-corrected chi connectivity index (χ3v) is 5.01. The summed E-state index contributed by atoms with van der Waals surface area (Å²) in [6, 6.07) is 13.3. The van der Waals surface area contributed by atoms with E-state index in [0.29, 0.717) is 36.0 Å². The minimum Gasteiger partial charge on any atom is -0.493 e. The van der Waals surface area contributed by atoms with E-state index in [2.05, 4.69) is 10.2 Å². The zero-order chi connectivity index (χ0) is 21.5. The van der Waals surface area contributed by atoms with E-state index in [-0.39, 0.29) is 10.1 Å². The van der Waals surface area contributed by atoms with Crippen LogP contribution in [0.15, 0.2) is 57.0 Å². The number of rotatable bonds is 9. The zero-order valence-electron chi connectivity index (χ0n) is 16.9. The number of ether oxygens (including phenoxy) is 2. The molecule has 2 aromatic carbocycles. The van der Waals surface area contributed by atoms with Crippen LogP contribution < -0.4 is 9.47 Å². The Labute approximate surface area is 178 Å². The van der Waals surface area contributed by atoms with Gasteiger partial charge in [0.15, 0.2) is 11.5 Å². The highest BCUT2D eigenvalue weighted by Gasteiger charge is 2.15. The highest BCUT2D eigenvalue weighted by Crippen LogP contribution is 2.32. The minimum atomic E-state index is -1.09. The van der Waals surface area contributed by atoms with Gasteiger partial charge >= 0.3 is 5.97 Å². The third kappa shape index (κ3) is 5.64. The summed E-state index contributed by atoms with van der Waals surface area (Å²) in [6.07, 6.45) is 2.11. The molecule has 0 amide bonds. The van der Waals surface area contributed by atoms with Crippen molar-refractivity contribution in [2.75, 3.05) is 7.11 Å². The summed E-state index contributed by atoms with van der Waals surface area (Å²) in [6.45, 7) is 4.31. The molecule has 3 rings (SSSR count). The molecule has 0 aliphatic heterocycles. The summed E-state index contributed by atoms with van der Waals surface area (Å²) < 4.78 is 16.7. The number of hydrogen-bond donors (Lipinski definition) is 1. The Balaban J connectivity index is 1.77. The van der Waals surface area contributed by atoms with Crippen molar-refractivity contribution in [3.63, 3.8) is 0 Å². The number of aliphatic carboxylic acids is 1. The Hall–Kier alpha value is -3.26. The van der Waals surface area contributed by atoms with Gasteiger partial charge in [-0.3, -0.25) is 0 Å². The third-order valence-electron chi connectivity index (χ3n) is 4.16. The molecule has 0 saturated carbocycles. The molecule has 0 spiro atoms. The molecule has 0 bridgehead atoms. The van der Waals surface area contributed by atoms with Crippen molar-refractivity contribution in [3.8, 4) is 11.5 Å². The zero-order valence-corrected chi connectivity index (χ0v) is 17.7. The van der Waals surface area contributed by atoms with E-state index >= 15 is 0 Å². The average molecular weight is 426 g/mol. The van der Waals surface area contributed by atoms with Crippen LogP contribution in [0, 0.1) is 6.92 Å². The molecular formula is C22H22N2O5S. The second-order valence-electron chi connectivity index (χ2n) is 6.42. The van der Waals surface area contributed by atoms with Crippen molar-refractivity contribution in [1.82, 2.24) is 10.2 Å². The molecule has 1 aromatic heterocycles. The Morgan fingerprint density at radius 1 is 1.17 bits per heavy atom. The van der Waals surface area contributed by atoms with Crippen molar-refractivity contribution in [2.45, 2.75) is 32.1 Å². The summed E-state index contributed by atoms with van der Waals surface area (Å²) in [5.41, 5.74) is 2.88. The first-order valence-electron chi connectivity index (χ1n) is 9.30. The number of benzene rings is 2. The van der Waals surface area contributed by atoms with Crippen LogP contribution in [0.3, 0.4) is 0 Å². The molecule has 1 heterocycles. The fourth-order valence-corrected chi connectivity index (χ4v) is 3.23. The van der Waals surface area contributed by atoms with E-state index in [1.54, 1.807) is 25.3 Å². The predicted octanol–water partition coefficient (Wildman–Crippen LogP) is 4.75. The molecule has 3 aromatic rings. The van der Waals surface area contributed by atoms with Crippen LogP contribution in [0.2, 0.25) is 0 Å². The molecule has 1 N–H and O–H groups in total. The molecule has 0 unspecified atom stereocenters. The van der Waals surface area contributed by atoms with Crippen molar-refractivity contribution in [3.05, 3.63) is 70.0 Å². The van der Waals surface area contributed by atoms with Gasteiger partial charge in [-0.05, 0) is 48.0 Å². The summed E-state index contributed by atoms with van der Waals surface area (Å²) in [4.78, 5) is 11.7. The number of nitrogens with zero attached hydrogens (tertiary/aromatic N) is 2. The molecule has 156 valence electrons. The molecule has 0 aliphatic rings. The summed E-state index contributed by atoms with van der Waals surface area (Å²) >= 11 is 0.903. The smallest absolute Gasteiger partial charge is 0.342 e. The van der Waals surface area contributed by atoms with E-state index in [9.17, 15) is 9.90 Å². The van der Waals surface area contributed by atoms with Gasteiger partial charge in [-0.15, -0.1) is 10.2 Å². The Morgan fingerprint density at radius 2 is 1.93 bits per heavy atom. The number of carbonyl (C=O) groups is 1. The highest BCUT2D eigenvalue weighted by molar-refractivity contribution is 8.03. The lowest BCUT2D eigenvalue weighted by Crippen LogP contribution is -1.99. The molecule has 0 radical (unpaired) electrons. The summed E-state index contributed by atoms with van der Waals surface area (Å²) in [7, 11) is 1.54. The van der Waals surface area contributed by atoms with Gasteiger partial charge in [0.05, 0.1) is 7.11 Å². The lowest BCUT2D eigenvalue weighted by atomic mass is 10.1. The van der Waals surface area contributed by atoms with Gasteiger partial charge in [-0.1, -0.05) is 42.8 Å². The number of hydrogen-bond acceptors (Lipinski definition) is 7. The molecule has 0 fully saturated rings. The van der Waals surface area contributed by atoms with Crippen LogP contribution in [-0.2, 0) is 17.8 Å². The Bertz CT molecular complexity index is 1040. The Morgan fingerprint density at radius 3 is 2.57 bits per heavy atom. The number of aryl methyl sites for hydroxylation is 2. The largest absolute Gasteiger partial charge is 0.493 e. The maximum atomic E-state index is 11.7. The van der Waals surface area contributed by atoms with Crippen LogP contribution in [0.25, 0.3) is 6.08 Å². The van der Waals surface area contributed by atoms with Gasteiger partial charge in [0.2, 0.25) is 5.89 Å². The number of carboxylic acids is 1. The number of carboxylic acid groups (broad SMARTS) is 1. The van der Waals surface area contributed by atoms with Gasteiger partial charge < -0.3 is 19.0 Å². The van der Waals surface area contributed by atoms with E-state index in [1.165, 1.54) is 11.6 Å². The average Bonchev–Trinajstić information content (AvgIpc) is 3.21. The van der Waals surface area contributed by atoms with Gasteiger partial charge in [0, 0.05) is 6.42 Å². The predicted molar refractivity (Wildman–Crippen MR) is 114 cm³/mol. The number of methoxy groups -OCH3 is 1.